The molecule has 7 heteroatoms. The lowest BCUT2D eigenvalue weighted by Gasteiger charge is -2.20. The molecule has 132 valence electrons. The number of nitrogens with zero attached hydrogens (tertiary/aromatic N) is 2. The van der Waals surface area contributed by atoms with Crippen LogP contribution in [-0.4, -0.2) is 35.6 Å². The van der Waals surface area contributed by atoms with Gasteiger partial charge in [-0.1, -0.05) is 42.7 Å². The van der Waals surface area contributed by atoms with E-state index in [4.69, 9.17) is 21.9 Å². The zero-order valence-corrected chi connectivity index (χ0v) is 15.6. The molecule has 2 N–H and O–H groups in total. The third-order valence-electron chi connectivity index (χ3n) is 3.84. The highest BCUT2D eigenvalue weighted by Gasteiger charge is 2.19. The van der Waals surface area contributed by atoms with E-state index in [-0.39, 0.29) is 30.0 Å². The summed E-state index contributed by atoms with van der Waals surface area (Å²) in [6.45, 7) is 4.72. The molecule has 1 amide bonds. The minimum atomic E-state index is -0.182. The third kappa shape index (κ3) is 5.23. The van der Waals surface area contributed by atoms with Gasteiger partial charge in [0.15, 0.2) is 11.5 Å². The molecule has 2 aromatic rings. The van der Waals surface area contributed by atoms with Crippen LogP contribution >= 0.6 is 24.0 Å². The summed E-state index contributed by atoms with van der Waals surface area (Å²) in [6.07, 6.45) is 0.749. The van der Waals surface area contributed by atoms with Crippen molar-refractivity contribution in [1.82, 2.24) is 10.1 Å². The van der Waals surface area contributed by atoms with Crippen LogP contribution in [0.25, 0.3) is 11.3 Å². The van der Waals surface area contributed by atoms with Crippen molar-refractivity contribution in [2.45, 2.75) is 26.3 Å². The average Bonchev–Trinajstić information content (AvgIpc) is 3.01. The van der Waals surface area contributed by atoms with E-state index < -0.39 is 0 Å². The van der Waals surface area contributed by atoms with E-state index in [0.29, 0.717) is 23.2 Å². The van der Waals surface area contributed by atoms with Crippen molar-refractivity contribution in [3.8, 4) is 11.3 Å². The maximum atomic E-state index is 12.4. The molecule has 1 aromatic carbocycles. The molecular formula is C17H23Cl2N3O2. The number of amides is 1. The van der Waals surface area contributed by atoms with E-state index in [0.717, 1.165) is 12.0 Å². The van der Waals surface area contributed by atoms with Gasteiger partial charge in [0, 0.05) is 36.3 Å². The standard InChI is InChI=1S/C17H22ClN3O2.ClH/c1-11(2)14(19)7-8-21(3)17(22)15-10-16(23-20-15)12-5-4-6-13(18)9-12;/h4-6,9-11,14H,7-8,19H2,1-3H3;1H. The van der Waals surface area contributed by atoms with Crippen LogP contribution in [0.1, 0.15) is 30.8 Å². The molecule has 0 bridgehead atoms. The van der Waals surface area contributed by atoms with Crippen molar-refractivity contribution in [3.63, 3.8) is 0 Å². The van der Waals surface area contributed by atoms with Gasteiger partial charge in [-0.15, -0.1) is 12.4 Å². The van der Waals surface area contributed by atoms with Gasteiger partial charge in [-0.2, -0.15) is 0 Å². The van der Waals surface area contributed by atoms with Gasteiger partial charge in [0.25, 0.3) is 5.91 Å². The Labute approximate surface area is 153 Å². The SMILES string of the molecule is CC(C)C(N)CCN(C)C(=O)c1cc(-c2cccc(Cl)c2)on1.Cl. The molecule has 0 spiro atoms. The van der Waals surface area contributed by atoms with E-state index in [2.05, 4.69) is 19.0 Å². The highest BCUT2D eigenvalue weighted by Crippen LogP contribution is 2.23. The number of benzene rings is 1. The van der Waals surface area contributed by atoms with Gasteiger partial charge >= 0.3 is 0 Å². The monoisotopic (exact) mass is 371 g/mol. The lowest BCUT2D eigenvalue weighted by atomic mass is 10.0. The number of carbonyl (C=O) groups is 1. The first-order valence-corrected chi connectivity index (χ1v) is 8.00. The lowest BCUT2D eigenvalue weighted by molar-refractivity contribution is 0.0779. The molecule has 1 heterocycles. The lowest BCUT2D eigenvalue weighted by Crippen LogP contribution is -2.34. The van der Waals surface area contributed by atoms with Crippen LogP contribution in [-0.2, 0) is 0 Å². The highest BCUT2D eigenvalue weighted by atomic mass is 35.5. The Morgan fingerprint density at radius 3 is 2.71 bits per heavy atom. The summed E-state index contributed by atoms with van der Waals surface area (Å²) < 4.78 is 5.26. The Balaban J connectivity index is 0.00000288. The molecule has 0 aliphatic rings. The van der Waals surface area contributed by atoms with E-state index >= 15 is 0 Å². The minimum Gasteiger partial charge on any atom is -0.355 e. The Hall–Kier alpha value is -1.56. The molecule has 1 aromatic heterocycles. The van der Waals surface area contributed by atoms with Crippen LogP contribution < -0.4 is 5.73 Å². The topological polar surface area (TPSA) is 72.4 Å². The third-order valence-corrected chi connectivity index (χ3v) is 4.07. The van der Waals surface area contributed by atoms with Crippen molar-refractivity contribution in [3.05, 3.63) is 41.0 Å². The Bertz CT molecular complexity index is 673. The fourth-order valence-corrected chi connectivity index (χ4v) is 2.32. The molecule has 2 rings (SSSR count). The maximum absolute atomic E-state index is 12.4. The molecule has 24 heavy (non-hydrogen) atoms. The fraction of sp³-hybridized carbons (Fsp3) is 0.412. The number of carbonyl (C=O) groups excluding carboxylic acids is 1. The van der Waals surface area contributed by atoms with Gasteiger partial charge in [-0.05, 0) is 24.5 Å². The van der Waals surface area contributed by atoms with Crippen molar-refractivity contribution >= 4 is 29.9 Å². The normalized spacial score (nSPS) is 11.9. The van der Waals surface area contributed by atoms with Gasteiger partial charge in [-0.3, -0.25) is 4.79 Å². The molecule has 0 fully saturated rings. The summed E-state index contributed by atoms with van der Waals surface area (Å²) in [5.41, 5.74) is 7.08. The first-order valence-electron chi connectivity index (χ1n) is 7.62. The second kappa shape index (κ2) is 9.06. The van der Waals surface area contributed by atoms with Crippen molar-refractivity contribution in [2.75, 3.05) is 13.6 Å². The number of rotatable bonds is 6. The molecule has 5 nitrogen and oxygen atoms in total. The highest BCUT2D eigenvalue weighted by molar-refractivity contribution is 6.30. The van der Waals surface area contributed by atoms with Crippen LogP contribution in [0.4, 0.5) is 0 Å². The second-order valence-electron chi connectivity index (χ2n) is 6.01. The number of hydrogen-bond acceptors (Lipinski definition) is 4. The molecule has 1 atom stereocenters. The van der Waals surface area contributed by atoms with E-state index in [9.17, 15) is 4.79 Å². The maximum Gasteiger partial charge on any atom is 0.275 e. The number of hydrogen-bond donors (Lipinski definition) is 1. The summed E-state index contributed by atoms with van der Waals surface area (Å²) in [4.78, 5) is 14.0. The summed E-state index contributed by atoms with van der Waals surface area (Å²) >= 11 is 5.96. The number of halogens is 2. The number of aromatic nitrogens is 1. The molecule has 0 radical (unpaired) electrons. The van der Waals surface area contributed by atoms with Crippen molar-refractivity contribution in [1.29, 1.82) is 0 Å². The largest absolute Gasteiger partial charge is 0.355 e. The Morgan fingerprint density at radius 1 is 1.38 bits per heavy atom. The van der Waals surface area contributed by atoms with Crippen LogP contribution in [0.2, 0.25) is 5.02 Å². The minimum absolute atomic E-state index is 0. The summed E-state index contributed by atoms with van der Waals surface area (Å²) in [5.74, 6) is 0.723. The zero-order chi connectivity index (χ0) is 17.0. The van der Waals surface area contributed by atoms with Gasteiger partial charge in [0.2, 0.25) is 0 Å². The Morgan fingerprint density at radius 2 is 2.08 bits per heavy atom. The van der Waals surface area contributed by atoms with Gasteiger partial charge in [0.1, 0.15) is 0 Å². The molecule has 0 aliphatic heterocycles. The summed E-state index contributed by atoms with van der Waals surface area (Å²) in [7, 11) is 1.74. The smallest absolute Gasteiger partial charge is 0.275 e. The Kier molecular flexibility index (Phi) is 7.73. The first-order chi connectivity index (χ1) is 10.9. The van der Waals surface area contributed by atoms with Crippen LogP contribution in [0.5, 0.6) is 0 Å². The fourth-order valence-electron chi connectivity index (χ4n) is 2.13. The van der Waals surface area contributed by atoms with Gasteiger partial charge < -0.3 is 15.2 Å². The van der Waals surface area contributed by atoms with E-state index in [1.807, 2.05) is 12.1 Å². The van der Waals surface area contributed by atoms with Gasteiger partial charge in [0.05, 0.1) is 0 Å². The molecular weight excluding hydrogens is 349 g/mol. The van der Waals surface area contributed by atoms with E-state index in [1.165, 1.54) is 0 Å². The number of nitrogens with two attached hydrogens (primary N) is 1. The van der Waals surface area contributed by atoms with Crippen LogP contribution in [0.3, 0.4) is 0 Å². The van der Waals surface area contributed by atoms with Crippen molar-refractivity contribution < 1.29 is 9.32 Å². The molecule has 0 saturated heterocycles. The molecule has 1 unspecified atom stereocenters. The van der Waals surface area contributed by atoms with Crippen LogP contribution in [0.15, 0.2) is 34.9 Å². The molecule has 0 aliphatic carbocycles. The van der Waals surface area contributed by atoms with Crippen LogP contribution in [0, 0.1) is 5.92 Å². The predicted molar refractivity (Wildman–Crippen MR) is 98.6 cm³/mol. The van der Waals surface area contributed by atoms with E-state index in [1.54, 1.807) is 30.1 Å². The summed E-state index contributed by atoms with van der Waals surface area (Å²) in [5, 5.41) is 4.47. The second-order valence-corrected chi connectivity index (χ2v) is 6.45. The molecule has 0 saturated carbocycles. The quantitative estimate of drug-likeness (QED) is 0.836. The average molecular weight is 372 g/mol. The predicted octanol–water partition coefficient (Wildman–Crippen LogP) is 3.86. The van der Waals surface area contributed by atoms with Gasteiger partial charge in [-0.25, -0.2) is 0 Å². The first kappa shape index (κ1) is 20.5. The zero-order valence-electron chi connectivity index (χ0n) is 14.0. The van der Waals surface area contributed by atoms with Crippen molar-refractivity contribution in [2.24, 2.45) is 11.7 Å². The summed E-state index contributed by atoms with van der Waals surface area (Å²) in [6, 6.07) is 8.92.